The van der Waals surface area contributed by atoms with Gasteiger partial charge in [0, 0.05) is 22.9 Å². The van der Waals surface area contributed by atoms with E-state index in [1.165, 1.54) is 0 Å². The highest BCUT2D eigenvalue weighted by atomic mass is 79.9. The maximum Gasteiger partial charge on any atom is 0.318 e. The molecule has 0 atom stereocenters. The standard InChI is InChI=1S/C21H24Cl2NO2.BrH/c1-24(2)13-11-19(12-14-24)26-21(25)20(15-3-7-17(22)8-4-15)16-5-9-18(23)10-6-16;/h3-10,19-20H,11-14H2,1-2H3;1H/q+1;/p-1. The summed E-state index contributed by atoms with van der Waals surface area (Å²) in [5, 5.41) is 1.29. The van der Waals surface area contributed by atoms with Crippen LogP contribution in [0.25, 0.3) is 0 Å². The van der Waals surface area contributed by atoms with Gasteiger partial charge in [-0.05, 0) is 35.4 Å². The summed E-state index contributed by atoms with van der Waals surface area (Å²) in [5.41, 5.74) is 1.74. The smallest absolute Gasteiger partial charge is 0.318 e. The first-order chi connectivity index (χ1) is 12.3. The summed E-state index contributed by atoms with van der Waals surface area (Å²) in [7, 11) is 4.42. The molecular formula is C21H24BrCl2NO2. The molecule has 0 radical (unpaired) electrons. The number of hydrogen-bond donors (Lipinski definition) is 0. The van der Waals surface area contributed by atoms with Gasteiger partial charge in [0.2, 0.25) is 0 Å². The van der Waals surface area contributed by atoms with Crippen molar-refractivity contribution in [3.63, 3.8) is 0 Å². The fourth-order valence-electron chi connectivity index (χ4n) is 3.37. The van der Waals surface area contributed by atoms with Crippen LogP contribution in [0.4, 0.5) is 0 Å². The largest absolute Gasteiger partial charge is 1.00 e. The van der Waals surface area contributed by atoms with Crippen molar-refractivity contribution >= 4 is 29.2 Å². The second kappa shape index (κ2) is 9.42. The second-order valence-electron chi connectivity index (χ2n) is 7.56. The number of hydrogen-bond acceptors (Lipinski definition) is 2. The Hall–Kier alpha value is -1.07. The molecule has 0 unspecified atom stereocenters. The van der Waals surface area contributed by atoms with Crippen LogP contribution in [0.15, 0.2) is 48.5 Å². The monoisotopic (exact) mass is 471 g/mol. The maximum atomic E-state index is 13.1. The van der Waals surface area contributed by atoms with Gasteiger partial charge in [-0.15, -0.1) is 0 Å². The Bertz CT molecular complexity index is 707. The number of quaternary nitrogens is 1. The van der Waals surface area contributed by atoms with Crippen LogP contribution in [-0.2, 0) is 9.53 Å². The average Bonchev–Trinajstić information content (AvgIpc) is 2.60. The van der Waals surface area contributed by atoms with Gasteiger partial charge in [-0.25, -0.2) is 0 Å². The molecular weight excluding hydrogens is 449 g/mol. The van der Waals surface area contributed by atoms with E-state index < -0.39 is 5.92 Å². The molecule has 1 fully saturated rings. The van der Waals surface area contributed by atoms with Crippen molar-refractivity contribution in [2.24, 2.45) is 0 Å². The number of carbonyl (C=O) groups excluding carboxylic acids is 1. The number of carbonyl (C=O) groups is 1. The molecule has 0 aliphatic carbocycles. The van der Waals surface area contributed by atoms with Crippen molar-refractivity contribution in [1.82, 2.24) is 0 Å². The number of likely N-dealkylation sites (tertiary alicyclic amines) is 1. The Kier molecular flexibility index (Phi) is 7.75. The fraction of sp³-hybridized carbons (Fsp3) is 0.381. The molecule has 27 heavy (non-hydrogen) atoms. The highest BCUT2D eigenvalue weighted by Gasteiger charge is 2.32. The number of nitrogens with zero attached hydrogens (tertiary/aromatic N) is 1. The number of benzene rings is 2. The van der Waals surface area contributed by atoms with E-state index in [9.17, 15) is 4.79 Å². The minimum Gasteiger partial charge on any atom is -1.00 e. The van der Waals surface area contributed by atoms with Gasteiger partial charge in [-0.2, -0.15) is 0 Å². The molecule has 3 nitrogen and oxygen atoms in total. The third kappa shape index (κ3) is 5.95. The van der Waals surface area contributed by atoms with Gasteiger partial charge < -0.3 is 26.2 Å². The molecule has 2 aromatic carbocycles. The van der Waals surface area contributed by atoms with Gasteiger partial charge in [0.15, 0.2) is 0 Å². The van der Waals surface area contributed by atoms with E-state index in [4.69, 9.17) is 27.9 Å². The summed E-state index contributed by atoms with van der Waals surface area (Å²) in [5.74, 6) is -0.694. The predicted octanol–water partition coefficient (Wildman–Crippen LogP) is 1.91. The molecule has 2 aromatic rings. The molecule has 0 saturated carbocycles. The predicted molar refractivity (Wildman–Crippen MR) is 106 cm³/mol. The molecule has 1 aliphatic heterocycles. The third-order valence-corrected chi connectivity index (χ3v) is 5.54. The summed E-state index contributed by atoms with van der Waals surface area (Å²) >= 11 is 12.0. The second-order valence-corrected chi connectivity index (χ2v) is 8.43. The van der Waals surface area contributed by atoms with Crippen molar-refractivity contribution in [1.29, 1.82) is 0 Å². The zero-order valence-corrected chi connectivity index (χ0v) is 18.6. The van der Waals surface area contributed by atoms with Gasteiger partial charge >= 0.3 is 5.97 Å². The van der Waals surface area contributed by atoms with E-state index in [0.29, 0.717) is 10.0 Å². The van der Waals surface area contributed by atoms with Crippen molar-refractivity contribution < 1.29 is 31.0 Å². The number of piperidine rings is 1. The van der Waals surface area contributed by atoms with E-state index in [0.717, 1.165) is 41.5 Å². The molecule has 0 bridgehead atoms. The van der Waals surface area contributed by atoms with Crippen LogP contribution in [-0.4, -0.2) is 43.7 Å². The zero-order valence-electron chi connectivity index (χ0n) is 15.5. The van der Waals surface area contributed by atoms with E-state index in [2.05, 4.69) is 14.1 Å². The number of ether oxygens (including phenoxy) is 1. The Morgan fingerprint density at radius 3 is 1.74 bits per heavy atom. The molecule has 1 aliphatic rings. The summed E-state index contributed by atoms with van der Waals surface area (Å²) in [6.45, 7) is 2.04. The lowest BCUT2D eigenvalue weighted by Gasteiger charge is -2.37. The van der Waals surface area contributed by atoms with Gasteiger partial charge in [0.1, 0.15) is 12.0 Å². The Balaban J connectivity index is 0.00000261. The molecule has 146 valence electrons. The fourth-order valence-corrected chi connectivity index (χ4v) is 3.62. The van der Waals surface area contributed by atoms with E-state index in [1.54, 1.807) is 24.3 Å². The lowest BCUT2D eigenvalue weighted by Crippen LogP contribution is -3.00. The van der Waals surface area contributed by atoms with Crippen molar-refractivity contribution in [3.8, 4) is 0 Å². The highest BCUT2D eigenvalue weighted by Crippen LogP contribution is 2.30. The normalized spacial score (nSPS) is 16.6. The molecule has 0 aromatic heterocycles. The minimum atomic E-state index is -0.478. The van der Waals surface area contributed by atoms with Gasteiger partial charge in [0.25, 0.3) is 0 Å². The lowest BCUT2D eigenvalue weighted by atomic mass is 9.91. The number of esters is 1. The molecule has 3 rings (SSSR count). The summed E-state index contributed by atoms with van der Waals surface area (Å²) < 4.78 is 6.88. The first kappa shape index (κ1) is 22.2. The highest BCUT2D eigenvalue weighted by molar-refractivity contribution is 6.30. The van der Waals surface area contributed by atoms with Crippen molar-refractivity contribution in [3.05, 3.63) is 69.7 Å². The number of halogens is 3. The van der Waals surface area contributed by atoms with Crippen LogP contribution in [0.5, 0.6) is 0 Å². The van der Waals surface area contributed by atoms with Crippen molar-refractivity contribution in [2.45, 2.75) is 24.9 Å². The Labute approximate surface area is 181 Å². The Morgan fingerprint density at radius 2 is 1.33 bits per heavy atom. The zero-order chi connectivity index (χ0) is 18.7. The van der Waals surface area contributed by atoms with Crippen molar-refractivity contribution in [2.75, 3.05) is 27.2 Å². The Morgan fingerprint density at radius 1 is 0.926 bits per heavy atom. The minimum absolute atomic E-state index is 0. The van der Waals surface area contributed by atoms with E-state index >= 15 is 0 Å². The summed E-state index contributed by atoms with van der Waals surface area (Å²) in [4.78, 5) is 13.1. The van der Waals surface area contributed by atoms with E-state index in [-0.39, 0.29) is 29.1 Å². The number of rotatable bonds is 4. The van der Waals surface area contributed by atoms with Crippen LogP contribution in [0.3, 0.4) is 0 Å². The van der Waals surface area contributed by atoms with Crippen LogP contribution in [0.1, 0.15) is 29.9 Å². The van der Waals surface area contributed by atoms with Crippen LogP contribution < -0.4 is 17.0 Å². The van der Waals surface area contributed by atoms with Gasteiger partial charge in [0.05, 0.1) is 27.2 Å². The first-order valence-electron chi connectivity index (χ1n) is 8.87. The van der Waals surface area contributed by atoms with Gasteiger partial charge in [-0.3, -0.25) is 4.79 Å². The SMILES string of the molecule is C[N+]1(C)CCC(OC(=O)C(c2ccc(Cl)cc2)c2ccc(Cl)cc2)CC1.[Br-]. The molecule has 0 N–H and O–H groups in total. The van der Waals surface area contributed by atoms with Crippen LogP contribution in [0.2, 0.25) is 10.0 Å². The average molecular weight is 473 g/mol. The maximum absolute atomic E-state index is 13.1. The lowest BCUT2D eigenvalue weighted by molar-refractivity contribution is -0.896. The van der Waals surface area contributed by atoms with Crippen LogP contribution >= 0.6 is 23.2 Å². The molecule has 6 heteroatoms. The molecule has 0 amide bonds. The quantitative estimate of drug-likeness (QED) is 0.502. The van der Waals surface area contributed by atoms with E-state index in [1.807, 2.05) is 24.3 Å². The summed E-state index contributed by atoms with van der Waals surface area (Å²) in [6.07, 6.45) is 1.77. The topological polar surface area (TPSA) is 26.3 Å². The third-order valence-electron chi connectivity index (χ3n) is 5.04. The van der Waals surface area contributed by atoms with Gasteiger partial charge in [-0.1, -0.05) is 47.5 Å². The first-order valence-corrected chi connectivity index (χ1v) is 9.63. The van der Waals surface area contributed by atoms with Crippen LogP contribution in [0, 0.1) is 0 Å². The molecule has 1 heterocycles. The molecule has 1 saturated heterocycles. The summed E-state index contributed by atoms with van der Waals surface area (Å²) in [6, 6.07) is 14.7. The molecule has 0 spiro atoms.